The van der Waals surface area contributed by atoms with Crippen LogP contribution in [-0.4, -0.2) is 64.3 Å². The zero-order valence-electron chi connectivity index (χ0n) is 16.8. The number of hydrogen-bond donors (Lipinski definition) is 7. The van der Waals surface area contributed by atoms with Gasteiger partial charge in [-0.25, -0.2) is 0 Å². The molecule has 0 bridgehead atoms. The highest BCUT2D eigenvalue weighted by atomic mass is 32.1. The van der Waals surface area contributed by atoms with E-state index < -0.39 is 48.4 Å². The van der Waals surface area contributed by atoms with Crippen molar-refractivity contribution in [2.24, 2.45) is 11.7 Å². The summed E-state index contributed by atoms with van der Waals surface area (Å²) in [6.45, 7) is 2.91. The first-order valence-corrected chi connectivity index (χ1v) is 9.93. The molecule has 0 aliphatic heterocycles. The van der Waals surface area contributed by atoms with Gasteiger partial charge in [-0.05, 0) is 23.6 Å². The van der Waals surface area contributed by atoms with Gasteiger partial charge in [0.2, 0.25) is 17.7 Å². The number of thiol groups is 1. The van der Waals surface area contributed by atoms with E-state index in [2.05, 4.69) is 28.6 Å². The maximum absolute atomic E-state index is 12.6. The lowest BCUT2D eigenvalue weighted by molar-refractivity contribution is -0.138. The quantitative estimate of drug-likeness (QED) is 0.217. The number of hydrogen-bond acceptors (Lipinski definition) is 7. The first kappa shape index (κ1) is 25.2. The number of aliphatic carboxylic acids is 1. The zero-order chi connectivity index (χ0) is 22.8. The first-order valence-electron chi connectivity index (χ1n) is 9.29. The number of carbonyl (C=O) groups excluding carboxylic acids is 3. The highest BCUT2D eigenvalue weighted by Crippen LogP contribution is 2.12. The first-order chi connectivity index (χ1) is 14.0. The van der Waals surface area contributed by atoms with E-state index in [1.165, 1.54) is 12.1 Å². The topological polar surface area (TPSA) is 171 Å². The molecule has 0 heterocycles. The Bertz CT molecular complexity index is 756. The largest absolute Gasteiger partial charge is 0.508 e. The number of carbonyl (C=O) groups is 4. The van der Waals surface area contributed by atoms with Crippen molar-refractivity contribution in [1.29, 1.82) is 0 Å². The number of nitrogens with one attached hydrogen (secondary N) is 3. The molecule has 0 saturated heterocycles. The second kappa shape index (κ2) is 12.0. The molecule has 1 rings (SSSR count). The van der Waals surface area contributed by atoms with Crippen molar-refractivity contribution in [1.82, 2.24) is 16.0 Å². The summed E-state index contributed by atoms with van der Waals surface area (Å²) in [5.41, 5.74) is 6.41. The fourth-order valence-electron chi connectivity index (χ4n) is 2.40. The molecule has 0 aliphatic rings. The molecule has 0 saturated carbocycles. The lowest BCUT2D eigenvalue weighted by atomic mass is 10.0. The standard InChI is InChI=1S/C19H28N4O6S/c1-10(2)16(20)19(29)23-14(9-30)18(28)22-13(17(27)21-8-15(25)26)7-11-3-5-12(24)6-4-11/h3-6,10,13-14,16,24,30H,7-9,20H2,1-2H3,(H,21,27)(H,22,28)(H,23,29)(H,25,26). The molecule has 3 amide bonds. The predicted molar refractivity (Wildman–Crippen MR) is 113 cm³/mol. The Morgan fingerprint density at radius 2 is 1.57 bits per heavy atom. The summed E-state index contributed by atoms with van der Waals surface area (Å²) in [5.74, 6) is -3.27. The number of rotatable bonds is 11. The van der Waals surface area contributed by atoms with E-state index in [1.807, 2.05) is 0 Å². The number of amides is 3. The van der Waals surface area contributed by atoms with Crippen LogP contribution >= 0.6 is 12.6 Å². The second-order valence-corrected chi connectivity index (χ2v) is 7.42. The van der Waals surface area contributed by atoms with Gasteiger partial charge in [-0.1, -0.05) is 26.0 Å². The van der Waals surface area contributed by atoms with Crippen molar-refractivity contribution < 1.29 is 29.4 Å². The number of nitrogens with two attached hydrogens (primary N) is 1. The predicted octanol–water partition coefficient (Wildman–Crippen LogP) is -0.982. The molecular weight excluding hydrogens is 412 g/mol. The van der Waals surface area contributed by atoms with Gasteiger partial charge >= 0.3 is 5.97 Å². The molecule has 1 aromatic rings. The minimum Gasteiger partial charge on any atom is -0.508 e. The van der Waals surface area contributed by atoms with Gasteiger partial charge in [-0.3, -0.25) is 19.2 Å². The fourth-order valence-corrected chi connectivity index (χ4v) is 2.66. The van der Waals surface area contributed by atoms with Gasteiger partial charge in [0.1, 0.15) is 24.4 Å². The van der Waals surface area contributed by atoms with Crippen LogP contribution < -0.4 is 21.7 Å². The molecule has 0 aliphatic carbocycles. The normalized spacial score (nSPS) is 13.8. The summed E-state index contributed by atoms with van der Waals surface area (Å²) >= 11 is 4.08. The smallest absolute Gasteiger partial charge is 0.322 e. The average molecular weight is 441 g/mol. The van der Waals surface area contributed by atoms with Crippen LogP contribution in [0.5, 0.6) is 5.75 Å². The molecule has 10 nitrogen and oxygen atoms in total. The Labute approximate surface area is 180 Å². The monoisotopic (exact) mass is 440 g/mol. The SMILES string of the molecule is CC(C)C(N)C(=O)NC(CS)C(=O)NC(Cc1ccc(O)cc1)C(=O)NCC(=O)O. The van der Waals surface area contributed by atoms with E-state index in [-0.39, 0.29) is 23.8 Å². The Morgan fingerprint density at radius 3 is 2.07 bits per heavy atom. The summed E-state index contributed by atoms with van der Waals surface area (Å²) in [6, 6.07) is 3.02. The van der Waals surface area contributed by atoms with E-state index in [0.717, 1.165) is 0 Å². The molecule has 11 heteroatoms. The van der Waals surface area contributed by atoms with Gasteiger partial charge in [0.05, 0.1) is 6.04 Å². The second-order valence-electron chi connectivity index (χ2n) is 7.06. The minimum absolute atomic E-state index is 0.0361. The van der Waals surface area contributed by atoms with Gasteiger partial charge in [0.25, 0.3) is 0 Å². The highest BCUT2D eigenvalue weighted by molar-refractivity contribution is 7.80. The molecule has 7 N–H and O–H groups in total. The van der Waals surface area contributed by atoms with Gasteiger partial charge < -0.3 is 31.9 Å². The molecule has 0 radical (unpaired) electrons. The van der Waals surface area contributed by atoms with Crippen molar-refractivity contribution in [2.45, 2.75) is 38.4 Å². The summed E-state index contributed by atoms with van der Waals surface area (Å²) in [7, 11) is 0. The number of benzene rings is 1. The third-order valence-corrected chi connectivity index (χ3v) is 4.62. The zero-order valence-corrected chi connectivity index (χ0v) is 17.7. The lowest BCUT2D eigenvalue weighted by Crippen LogP contribution is -2.57. The maximum Gasteiger partial charge on any atom is 0.322 e. The van der Waals surface area contributed by atoms with E-state index in [4.69, 9.17) is 10.8 Å². The molecule has 166 valence electrons. The maximum atomic E-state index is 12.6. The molecule has 0 spiro atoms. The van der Waals surface area contributed by atoms with Crippen LogP contribution in [0.25, 0.3) is 0 Å². The van der Waals surface area contributed by atoms with Crippen LogP contribution in [0.2, 0.25) is 0 Å². The molecular formula is C19H28N4O6S. The van der Waals surface area contributed by atoms with Crippen LogP contribution in [0.4, 0.5) is 0 Å². The molecule has 3 atom stereocenters. The lowest BCUT2D eigenvalue weighted by Gasteiger charge is -2.24. The number of phenolic OH excluding ortho intramolecular Hbond substituents is 1. The Morgan fingerprint density at radius 1 is 1.00 bits per heavy atom. The molecule has 0 aromatic heterocycles. The number of carboxylic acids is 1. The van der Waals surface area contributed by atoms with Crippen molar-refractivity contribution in [2.75, 3.05) is 12.3 Å². The Balaban J connectivity index is 2.92. The van der Waals surface area contributed by atoms with E-state index >= 15 is 0 Å². The number of phenols is 1. The van der Waals surface area contributed by atoms with Gasteiger partial charge in [0.15, 0.2) is 0 Å². The van der Waals surface area contributed by atoms with Crippen molar-refractivity contribution in [3.8, 4) is 5.75 Å². The van der Waals surface area contributed by atoms with Crippen LogP contribution in [0.1, 0.15) is 19.4 Å². The summed E-state index contributed by atoms with van der Waals surface area (Å²) in [5, 5.41) is 25.4. The van der Waals surface area contributed by atoms with Gasteiger partial charge in [0, 0.05) is 12.2 Å². The van der Waals surface area contributed by atoms with Crippen molar-refractivity contribution in [3.63, 3.8) is 0 Å². The summed E-state index contributed by atoms with van der Waals surface area (Å²) in [6.07, 6.45) is 0.0379. The van der Waals surface area contributed by atoms with Crippen LogP contribution in [0.3, 0.4) is 0 Å². The van der Waals surface area contributed by atoms with E-state index in [9.17, 15) is 24.3 Å². The van der Waals surface area contributed by atoms with E-state index in [0.29, 0.717) is 5.56 Å². The third-order valence-electron chi connectivity index (χ3n) is 4.26. The summed E-state index contributed by atoms with van der Waals surface area (Å²) < 4.78 is 0. The van der Waals surface area contributed by atoms with Crippen molar-refractivity contribution >= 4 is 36.3 Å². The average Bonchev–Trinajstić information content (AvgIpc) is 2.70. The van der Waals surface area contributed by atoms with Crippen LogP contribution in [-0.2, 0) is 25.6 Å². The van der Waals surface area contributed by atoms with E-state index in [1.54, 1.807) is 26.0 Å². The Hall–Kier alpha value is -2.79. The van der Waals surface area contributed by atoms with Gasteiger partial charge in [-0.2, -0.15) is 12.6 Å². The minimum atomic E-state index is -1.23. The molecule has 1 aromatic carbocycles. The van der Waals surface area contributed by atoms with Crippen molar-refractivity contribution in [3.05, 3.63) is 29.8 Å². The highest BCUT2D eigenvalue weighted by Gasteiger charge is 2.28. The van der Waals surface area contributed by atoms with Gasteiger partial charge in [-0.15, -0.1) is 0 Å². The molecule has 30 heavy (non-hydrogen) atoms. The molecule has 0 fully saturated rings. The third kappa shape index (κ3) is 8.29. The number of carboxylic acid groups (broad SMARTS) is 1. The number of aromatic hydroxyl groups is 1. The molecule has 3 unspecified atom stereocenters. The summed E-state index contributed by atoms with van der Waals surface area (Å²) in [4.78, 5) is 48.0. The van der Waals surface area contributed by atoms with Crippen LogP contribution in [0, 0.1) is 5.92 Å². The Kier molecular flexibility index (Phi) is 10.1. The van der Waals surface area contributed by atoms with Crippen LogP contribution in [0.15, 0.2) is 24.3 Å². The fraction of sp³-hybridized carbons (Fsp3) is 0.474.